The first-order valence-corrected chi connectivity index (χ1v) is 6.02. The van der Waals surface area contributed by atoms with E-state index < -0.39 is 0 Å². The lowest BCUT2D eigenvalue weighted by atomic mass is 10.2. The van der Waals surface area contributed by atoms with E-state index in [0.717, 1.165) is 5.52 Å². The molecule has 2 aromatic heterocycles. The van der Waals surface area contributed by atoms with Crippen molar-refractivity contribution in [1.82, 2.24) is 9.46 Å². The molecule has 0 N–H and O–H groups in total. The fraction of sp³-hybridized carbons (Fsp3) is 0.357. The monoisotopic (exact) mass is 248 g/mol. The normalized spacial score (nSPS) is 9.83. The molecule has 2 rings (SSSR count). The maximum atomic E-state index is 11.8. The molecule has 0 aliphatic heterocycles. The van der Waals surface area contributed by atoms with Gasteiger partial charge in [-0.1, -0.05) is 13.8 Å². The first-order chi connectivity index (χ1) is 8.61. The third-order valence-electron chi connectivity index (χ3n) is 2.56. The molecule has 4 nitrogen and oxygen atoms in total. The van der Waals surface area contributed by atoms with Crippen LogP contribution in [0.3, 0.4) is 0 Å². The van der Waals surface area contributed by atoms with Gasteiger partial charge in [-0.3, -0.25) is 9.63 Å². The summed E-state index contributed by atoms with van der Waals surface area (Å²) in [6.07, 6.45) is 3.74. The fourth-order valence-corrected chi connectivity index (χ4v) is 1.60. The zero-order valence-corrected chi connectivity index (χ0v) is 11.6. The molecule has 0 bridgehead atoms. The Hall–Kier alpha value is -1.81. The van der Waals surface area contributed by atoms with E-state index >= 15 is 0 Å². The number of carbonyl (C=O) groups is 1. The minimum atomic E-state index is -0.149. The second-order valence-electron chi connectivity index (χ2n) is 3.75. The van der Waals surface area contributed by atoms with Crippen LogP contribution >= 0.6 is 0 Å². The Kier molecular flexibility index (Phi) is 4.92. The van der Waals surface area contributed by atoms with Crippen molar-refractivity contribution < 1.29 is 9.63 Å². The molecule has 1 amide bonds. The van der Waals surface area contributed by atoms with Gasteiger partial charge in [-0.05, 0) is 30.7 Å². The fourth-order valence-electron chi connectivity index (χ4n) is 1.60. The summed E-state index contributed by atoms with van der Waals surface area (Å²) in [7, 11) is 3.06. The predicted molar refractivity (Wildman–Crippen MR) is 72.6 cm³/mol. The molecule has 0 aliphatic carbocycles. The Labute approximate surface area is 108 Å². The number of nitrogens with zero attached hydrogens (tertiary/aromatic N) is 2. The summed E-state index contributed by atoms with van der Waals surface area (Å²) in [4.78, 5) is 16.7. The third-order valence-corrected chi connectivity index (χ3v) is 2.56. The summed E-state index contributed by atoms with van der Waals surface area (Å²) >= 11 is 0. The number of pyridine rings is 1. The van der Waals surface area contributed by atoms with Gasteiger partial charge in [-0.25, -0.2) is 5.06 Å². The van der Waals surface area contributed by atoms with E-state index in [0.29, 0.717) is 5.56 Å². The third kappa shape index (κ3) is 2.90. The van der Waals surface area contributed by atoms with Gasteiger partial charge in [-0.15, -0.1) is 0 Å². The molecular weight excluding hydrogens is 228 g/mol. The maximum Gasteiger partial charge on any atom is 0.278 e. The molecular formula is C14H20N2O2. The van der Waals surface area contributed by atoms with Crippen LogP contribution in [0, 0.1) is 6.92 Å². The highest BCUT2D eigenvalue weighted by molar-refractivity contribution is 5.94. The number of hydroxylamine groups is 2. The van der Waals surface area contributed by atoms with Gasteiger partial charge in [-0.2, -0.15) is 0 Å². The lowest BCUT2D eigenvalue weighted by Crippen LogP contribution is -2.24. The lowest BCUT2D eigenvalue weighted by Gasteiger charge is -2.11. The minimum Gasteiger partial charge on any atom is -0.323 e. The molecule has 0 atom stereocenters. The zero-order valence-electron chi connectivity index (χ0n) is 11.6. The van der Waals surface area contributed by atoms with E-state index in [1.165, 1.54) is 17.7 Å². The molecule has 2 aromatic rings. The second-order valence-corrected chi connectivity index (χ2v) is 3.75. The molecule has 0 aromatic carbocycles. The van der Waals surface area contributed by atoms with Crippen molar-refractivity contribution in [2.45, 2.75) is 20.8 Å². The van der Waals surface area contributed by atoms with E-state index in [4.69, 9.17) is 4.84 Å². The zero-order chi connectivity index (χ0) is 13.7. The number of amides is 1. The lowest BCUT2D eigenvalue weighted by molar-refractivity contribution is -0.0756. The van der Waals surface area contributed by atoms with Crippen LogP contribution in [0.5, 0.6) is 0 Å². The summed E-state index contributed by atoms with van der Waals surface area (Å²) < 4.78 is 1.92. The molecule has 18 heavy (non-hydrogen) atoms. The van der Waals surface area contributed by atoms with Crippen LogP contribution in [0.1, 0.15) is 29.8 Å². The first-order valence-electron chi connectivity index (χ1n) is 6.02. The van der Waals surface area contributed by atoms with E-state index in [2.05, 4.69) is 0 Å². The SMILES string of the molecule is CC.CON(C)C(=O)c1cc2cc(C)ccn2c1. The molecule has 4 heteroatoms. The highest BCUT2D eigenvalue weighted by Gasteiger charge is 2.13. The van der Waals surface area contributed by atoms with Crippen LogP contribution in [0.25, 0.3) is 5.52 Å². The average molecular weight is 248 g/mol. The van der Waals surface area contributed by atoms with Crippen LogP contribution in [0.4, 0.5) is 0 Å². The van der Waals surface area contributed by atoms with Crippen LogP contribution < -0.4 is 0 Å². The van der Waals surface area contributed by atoms with Crippen molar-refractivity contribution in [2.75, 3.05) is 14.2 Å². The highest BCUT2D eigenvalue weighted by Crippen LogP contribution is 2.13. The summed E-state index contributed by atoms with van der Waals surface area (Å²) in [5, 5.41) is 1.21. The summed E-state index contributed by atoms with van der Waals surface area (Å²) in [5.74, 6) is -0.149. The van der Waals surface area contributed by atoms with Gasteiger partial charge in [0, 0.05) is 25.0 Å². The number of rotatable bonds is 2. The molecule has 0 unspecified atom stereocenters. The quantitative estimate of drug-likeness (QED) is 0.766. The van der Waals surface area contributed by atoms with Gasteiger partial charge in [0.25, 0.3) is 5.91 Å². The molecule has 0 radical (unpaired) electrons. The Morgan fingerprint density at radius 1 is 1.33 bits per heavy atom. The molecule has 0 aliphatic rings. The van der Waals surface area contributed by atoms with Gasteiger partial charge in [0.05, 0.1) is 12.7 Å². The highest BCUT2D eigenvalue weighted by atomic mass is 16.7. The van der Waals surface area contributed by atoms with E-state index in [1.807, 2.05) is 49.6 Å². The topological polar surface area (TPSA) is 34.0 Å². The Balaban J connectivity index is 0.000000771. The molecule has 2 heterocycles. The van der Waals surface area contributed by atoms with Gasteiger partial charge in [0.15, 0.2) is 0 Å². The number of hydrogen-bond donors (Lipinski definition) is 0. The van der Waals surface area contributed by atoms with Gasteiger partial charge in [0.2, 0.25) is 0 Å². The summed E-state index contributed by atoms with van der Waals surface area (Å²) in [5.41, 5.74) is 2.80. The van der Waals surface area contributed by atoms with Crippen molar-refractivity contribution in [3.05, 3.63) is 41.7 Å². The van der Waals surface area contributed by atoms with Crippen molar-refractivity contribution in [1.29, 1.82) is 0 Å². The number of aromatic nitrogens is 1. The first kappa shape index (κ1) is 14.3. The molecule has 0 saturated carbocycles. The van der Waals surface area contributed by atoms with E-state index in [-0.39, 0.29) is 5.91 Å². The Morgan fingerprint density at radius 3 is 2.61 bits per heavy atom. The van der Waals surface area contributed by atoms with E-state index in [9.17, 15) is 4.79 Å². The van der Waals surface area contributed by atoms with Crippen molar-refractivity contribution in [3.63, 3.8) is 0 Å². The number of hydrogen-bond acceptors (Lipinski definition) is 2. The van der Waals surface area contributed by atoms with Crippen LogP contribution in [-0.2, 0) is 4.84 Å². The number of carbonyl (C=O) groups excluding carboxylic acids is 1. The van der Waals surface area contributed by atoms with Crippen LogP contribution in [-0.4, -0.2) is 29.5 Å². The molecule has 0 fully saturated rings. The molecule has 0 spiro atoms. The van der Waals surface area contributed by atoms with E-state index in [1.54, 1.807) is 13.2 Å². The van der Waals surface area contributed by atoms with Crippen molar-refractivity contribution in [3.8, 4) is 0 Å². The maximum absolute atomic E-state index is 11.8. The molecule has 0 saturated heterocycles. The average Bonchev–Trinajstić information content (AvgIpc) is 2.82. The summed E-state index contributed by atoms with van der Waals surface area (Å²) in [6.45, 7) is 6.02. The van der Waals surface area contributed by atoms with Crippen LogP contribution in [0.2, 0.25) is 0 Å². The van der Waals surface area contributed by atoms with Crippen LogP contribution in [0.15, 0.2) is 30.6 Å². The largest absolute Gasteiger partial charge is 0.323 e. The number of fused-ring (bicyclic) bond motifs is 1. The second kappa shape index (κ2) is 6.21. The Bertz CT molecular complexity index is 532. The van der Waals surface area contributed by atoms with Gasteiger partial charge >= 0.3 is 0 Å². The van der Waals surface area contributed by atoms with Crippen molar-refractivity contribution >= 4 is 11.4 Å². The predicted octanol–water partition coefficient (Wildman–Crippen LogP) is 2.91. The minimum absolute atomic E-state index is 0.149. The Morgan fingerprint density at radius 2 is 2.00 bits per heavy atom. The number of aryl methyl sites for hydroxylation is 1. The van der Waals surface area contributed by atoms with Gasteiger partial charge in [0.1, 0.15) is 0 Å². The smallest absolute Gasteiger partial charge is 0.278 e. The van der Waals surface area contributed by atoms with Crippen molar-refractivity contribution in [2.24, 2.45) is 0 Å². The summed E-state index contributed by atoms with van der Waals surface area (Å²) in [6, 6.07) is 5.88. The van der Waals surface area contributed by atoms with Gasteiger partial charge < -0.3 is 4.40 Å². The molecule has 98 valence electrons. The standard InChI is InChI=1S/C12H14N2O2.C2H6/c1-9-4-5-14-8-10(7-11(14)6-9)12(15)13(2)16-3;1-2/h4-8H,1-3H3;1-2H3.